The van der Waals surface area contributed by atoms with E-state index in [1.807, 2.05) is 13.0 Å². The molecule has 7 nitrogen and oxygen atoms in total. The smallest absolute Gasteiger partial charge is 0.241 e. The highest BCUT2D eigenvalue weighted by atomic mass is 35.5. The number of nitrogens with one attached hydrogen (secondary N) is 1. The van der Waals surface area contributed by atoms with Gasteiger partial charge < -0.3 is 19.5 Å². The monoisotopic (exact) mass is 462 g/mol. The first-order chi connectivity index (χ1) is 13.8. The van der Waals surface area contributed by atoms with Gasteiger partial charge in [0, 0.05) is 18.7 Å². The van der Waals surface area contributed by atoms with Crippen molar-refractivity contribution < 1.29 is 27.0 Å². The van der Waals surface area contributed by atoms with Crippen molar-refractivity contribution in [2.24, 2.45) is 5.14 Å². The third-order valence-electron chi connectivity index (χ3n) is 4.43. The maximum atomic E-state index is 13.4. The van der Waals surface area contributed by atoms with E-state index in [0.717, 1.165) is 12.0 Å². The predicted molar refractivity (Wildman–Crippen MR) is 116 cm³/mol. The molecule has 0 fully saturated rings. The van der Waals surface area contributed by atoms with Crippen LogP contribution in [0.15, 0.2) is 41.3 Å². The van der Waals surface area contributed by atoms with Crippen molar-refractivity contribution in [1.29, 1.82) is 0 Å². The van der Waals surface area contributed by atoms with E-state index in [-0.39, 0.29) is 29.1 Å². The molecule has 2 rings (SSSR count). The maximum absolute atomic E-state index is 13.4. The lowest BCUT2D eigenvalue weighted by atomic mass is 10.0. The summed E-state index contributed by atoms with van der Waals surface area (Å²) in [5, 5.41) is 8.63. The molecule has 0 bridgehead atoms. The molecule has 2 aromatic carbocycles. The molecule has 1 unspecified atom stereocenters. The lowest BCUT2D eigenvalue weighted by Crippen LogP contribution is -2.34. The Morgan fingerprint density at radius 1 is 1.07 bits per heavy atom. The van der Waals surface area contributed by atoms with Crippen LogP contribution in [0.2, 0.25) is 0 Å². The number of rotatable bonds is 11. The first-order valence-electron chi connectivity index (χ1n) is 9.18. The lowest BCUT2D eigenvalue weighted by molar-refractivity contribution is 0.283. The van der Waals surface area contributed by atoms with E-state index >= 15 is 0 Å². The summed E-state index contributed by atoms with van der Waals surface area (Å²) >= 11 is 0. The molecule has 0 radical (unpaired) electrons. The Morgan fingerprint density at radius 2 is 1.73 bits per heavy atom. The quantitative estimate of drug-likeness (QED) is 0.498. The molecular weight excluding hydrogens is 435 g/mol. The number of primary sulfonamides is 1. The zero-order chi connectivity index (χ0) is 21.4. The van der Waals surface area contributed by atoms with Gasteiger partial charge in [0.15, 0.2) is 11.5 Å². The summed E-state index contributed by atoms with van der Waals surface area (Å²) in [6.07, 6.45) is 1.42. The molecule has 0 heterocycles. The molecule has 1 atom stereocenters. The zero-order valence-electron chi connectivity index (χ0n) is 17.2. The van der Waals surface area contributed by atoms with Crippen molar-refractivity contribution in [2.45, 2.75) is 30.7 Å². The highest BCUT2D eigenvalue weighted by Crippen LogP contribution is 2.27. The van der Waals surface area contributed by atoms with Gasteiger partial charge in [-0.1, -0.05) is 13.0 Å². The van der Waals surface area contributed by atoms with Crippen molar-refractivity contribution in [3.8, 4) is 17.2 Å². The summed E-state index contributed by atoms with van der Waals surface area (Å²) in [6.45, 7) is 2.87. The van der Waals surface area contributed by atoms with E-state index in [0.29, 0.717) is 31.1 Å². The van der Waals surface area contributed by atoms with Crippen LogP contribution in [-0.2, 0) is 16.4 Å². The summed E-state index contributed by atoms with van der Waals surface area (Å²) in [5.41, 5.74) is 0.821. The fourth-order valence-electron chi connectivity index (χ4n) is 2.90. The summed E-state index contributed by atoms with van der Waals surface area (Å²) < 4.78 is 52.8. The third-order valence-corrected chi connectivity index (χ3v) is 5.36. The van der Waals surface area contributed by atoms with Gasteiger partial charge in [0.2, 0.25) is 10.0 Å². The van der Waals surface area contributed by atoms with E-state index in [9.17, 15) is 12.8 Å². The van der Waals surface area contributed by atoms with Crippen molar-refractivity contribution in [3.05, 3.63) is 47.8 Å². The van der Waals surface area contributed by atoms with Crippen LogP contribution in [0.4, 0.5) is 4.39 Å². The van der Waals surface area contributed by atoms with Gasteiger partial charge in [0.25, 0.3) is 0 Å². The number of hydrogen-bond acceptors (Lipinski definition) is 6. The van der Waals surface area contributed by atoms with Gasteiger partial charge in [-0.3, -0.25) is 0 Å². The molecule has 0 aliphatic heterocycles. The summed E-state index contributed by atoms with van der Waals surface area (Å²) in [6, 6.07) is 9.14. The van der Waals surface area contributed by atoms with Gasteiger partial charge in [0.05, 0.1) is 14.2 Å². The standard InChI is InChI=1S/C20H27FN2O5S.ClH/c1-4-16(11-14-5-7-18(27-3)20(12-14)29(22,24)25)23-9-10-28-19-13-15(21)6-8-17(19)26-2;/h5-8,12-13,16,23H,4,9-11H2,1-3H3,(H2,22,24,25);1H. The number of sulfonamides is 1. The number of halogens is 2. The van der Waals surface area contributed by atoms with Crippen LogP contribution in [0.25, 0.3) is 0 Å². The van der Waals surface area contributed by atoms with E-state index in [2.05, 4.69) is 5.32 Å². The first kappa shape index (κ1) is 26.0. The van der Waals surface area contributed by atoms with Gasteiger partial charge in [-0.05, 0) is 42.7 Å². The van der Waals surface area contributed by atoms with Crippen molar-refractivity contribution in [2.75, 3.05) is 27.4 Å². The second kappa shape index (κ2) is 11.9. The van der Waals surface area contributed by atoms with Crippen LogP contribution in [0.1, 0.15) is 18.9 Å². The molecule has 0 aliphatic carbocycles. The second-order valence-electron chi connectivity index (χ2n) is 6.44. The molecule has 3 N–H and O–H groups in total. The number of benzene rings is 2. The molecule has 0 spiro atoms. The Labute approximate surface area is 183 Å². The Bertz CT molecular complexity index is 927. The molecule has 0 saturated heterocycles. The minimum atomic E-state index is -3.88. The van der Waals surface area contributed by atoms with E-state index in [1.54, 1.807) is 6.07 Å². The van der Waals surface area contributed by atoms with Crippen molar-refractivity contribution in [1.82, 2.24) is 5.32 Å². The van der Waals surface area contributed by atoms with Crippen molar-refractivity contribution >= 4 is 22.4 Å². The average Bonchev–Trinajstić information content (AvgIpc) is 2.69. The van der Waals surface area contributed by atoms with Crippen LogP contribution in [-0.4, -0.2) is 41.8 Å². The molecule has 0 saturated carbocycles. The largest absolute Gasteiger partial charge is 0.495 e. The van der Waals surface area contributed by atoms with Gasteiger partial charge in [-0.2, -0.15) is 0 Å². The van der Waals surface area contributed by atoms with Crippen LogP contribution in [0, 0.1) is 5.82 Å². The molecule has 2 aromatic rings. The summed E-state index contributed by atoms with van der Waals surface area (Å²) in [4.78, 5) is -0.0334. The maximum Gasteiger partial charge on any atom is 0.241 e. The molecule has 30 heavy (non-hydrogen) atoms. The number of ether oxygens (including phenoxy) is 3. The zero-order valence-corrected chi connectivity index (χ0v) is 18.8. The number of methoxy groups -OCH3 is 2. The number of nitrogens with two attached hydrogens (primary N) is 1. The molecule has 0 aliphatic rings. The topological polar surface area (TPSA) is 99.9 Å². The fourth-order valence-corrected chi connectivity index (χ4v) is 3.65. The SMILES string of the molecule is CCC(Cc1ccc(OC)c(S(N)(=O)=O)c1)NCCOc1cc(F)ccc1OC.Cl. The van der Waals surface area contributed by atoms with Crippen LogP contribution >= 0.6 is 12.4 Å². The molecule has 0 aromatic heterocycles. The Hall–Kier alpha value is -2.07. The second-order valence-corrected chi connectivity index (χ2v) is 7.97. The minimum Gasteiger partial charge on any atom is -0.495 e. The summed E-state index contributed by atoms with van der Waals surface area (Å²) in [7, 11) is -0.988. The van der Waals surface area contributed by atoms with Gasteiger partial charge >= 0.3 is 0 Å². The Kier molecular flexibility index (Phi) is 10.3. The van der Waals surface area contributed by atoms with Crippen LogP contribution in [0.5, 0.6) is 17.2 Å². The average molecular weight is 463 g/mol. The molecular formula is C20H28ClFN2O5S. The predicted octanol–water partition coefficient (Wildman–Crippen LogP) is 2.90. The molecule has 168 valence electrons. The van der Waals surface area contributed by atoms with Gasteiger partial charge in [-0.25, -0.2) is 17.9 Å². The minimum absolute atomic E-state index is 0. The highest BCUT2D eigenvalue weighted by molar-refractivity contribution is 7.89. The van der Waals surface area contributed by atoms with Gasteiger partial charge in [-0.15, -0.1) is 12.4 Å². The van der Waals surface area contributed by atoms with Crippen LogP contribution < -0.4 is 24.7 Å². The van der Waals surface area contributed by atoms with E-state index in [1.165, 1.54) is 38.5 Å². The molecule has 10 heteroatoms. The highest BCUT2D eigenvalue weighted by Gasteiger charge is 2.17. The fraction of sp³-hybridized carbons (Fsp3) is 0.400. The number of hydrogen-bond donors (Lipinski definition) is 2. The first-order valence-corrected chi connectivity index (χ1v) is 10.7. The summed E-state index contributed by atoms with van der Waals surface area (Å²) in [5.74, 6) is 0.627. The normalized spacial score (nSPS) is 12.0. The Morgan fingerprint density at radius 3 is 2.33 bits per heavy atom. The third kappa shape index (κ3) is 7.32. The Balaban J connectivity index is 0.00000450. The van der Waals surface area contributed by atoms with Crippen molar-refractivity contribution in [3.63, 3.8) is 0 Å². The van der Waals surface area contributed by atoms with E-state index in [4.69, 9.17) is 19.3 Å². The van der Waals surface area contributed by atoms with Crippen LogP contribution in [0.3, 0.4) is 0 Å². The molecule has 0 amide bonds. The van der Waals surface area contributed by atoms with E-state index < -0.39 is 15.8 Å². The van der Waals surface area contributed by atoms with Gasteiger partial charge in [0.1, 0.15) is 23.1 Å². The lowest BCUT2D eigenvalue weighted by Gasteiger charge is -2.18.